The number of ketones is 2. The largest absolute Gasteiger partial charge is 0.506 e. The first-order chi connectivity index (χ1) is 19.4. The first kappa shape index (κ1) is 29.1. The molecule has 0 fully saturated rings. The topological polar surface area (TPSA) is 121 Å². The molecule has 0 unspecified atom stereocenters. The zero-order chi connectivity index (χ0) is 29.9. The van der Waals surface area contributed by atoms with Crippen molar-refractivity contribution >= 4 is 33.9 Å². The molecule has 0 saturated heterocycles. The molecule has 0 radical (unpaired) electrons. The SMILES string of the molecule is Cc1ccccc1C(=O)c1cccc(C(=O)OS(=O)(=O)OC(=O)c2cccc(C(=O)c3ccccc3C)c2C)c1C. The Labute approximate surface area is 237 Å². The Morgan fingerprint density at radius 2 is 0.780 bits per heavy atom. The summed E-state index contributed by atoms with van der Waals surface area (Å²) >= 11 is 0. The van der Waals surface area contributed by atoms with E-state index in [1.165, 1.54) is 50.2 Å². The Hall–Kier alpha value is -4.89. The monoisotopic (exact) mass is 570 g/mol. The molecule has 0 atom stereocenters. The van der Waals surface area contributed by atoms with Gasteiger partial charge in [-0.25, -0.2) is 9.59 Å². The molecule has 4 aromatic carbocycles. The van der Waals surface area contributed by atoms with Crippen LogP contribution in [0.1, 0.15) is 74.8 Å². The van der Waals surface area contributed by atoms with Gasteiger partial charge in [0.2, 0.25) is 0 Å². The first-order valence-electron chi connectivity index (χ1n) is 12.5. The highest BCUT2D eigenvalue weighted by Gasteiger charge is 2.29. The number of benzene rings is 4. The fraction of sp³-hybridized carbons (Fsp3) is 0.125. The van der Waals surface area contributed by atoms with Crippen molar-refractivity contribution < 1.29 is 36.0 Å². The molecule has 0 aromatic heterocycles. The van der Waals surface area contributed by atoms with Gasteiger partial charge in [0.1, 0.15) is 0 Å². The second kappa shape index (κ2) is 11.7. The van der Waals surface area contributed by atoms with Gasteiger partial charge in [-0.3, -0.25) is 9.59 Å². The molecule has 0 aliphatic heterocycles. The predicted octanol–water partition coefficient (Wildman–Crippen LogP) is 5.64. The van der Waals surface area contributed by atoms with Crippen LogP contribution in [0.5, 0.6) is 0 Å². The van der Waals surface area contributed by atoms with Crippen LogP contribution < -0.4 is 0 Å². The third-order valence-electron chi connectivity index (χ3n) is 6.73. The Morgan fingerprint density at radius 1 is 0.463 bits per heavy atom. The van der Waals surface area contributed by atoms with Crippen LogP contribution >= 0.6 is 0 Å². The Morgan fingerprint density at radius 3 is 1.15 bits per heavy atom. The van der Waals surface area contributed by atoms with E-state index in [1.807, 2.05) is 0 Å². The minimum atomic E-state index is -5.16. The molecule has 41 heavy (non-hydrogen) atoms. The molecule has 0 N–H and O–H groups in total. The normalized spacial score (nSPS) is 11.0. The average molecular weight is 571 g/mol. The van der Waals surface area contributed by atoms with E-state index < -0.39 is 22.3 Å². The molecule has 0 bridgehead atoms. The van der Waals surface area contributed by atoms with Gasteiger partial charge in [-0.05, 0) is 62.1 Å². The lowest BCUT2D eigenvalue weighted by Crippen LogP contribution is -2.21. The van der Waals surface area contributed by atoms with Crippen LogP contribution in [0, 0.1) is 27.7 Å². The van der Waals surface area contributed by atoms with Crippen molar-refractivity contribution in [3.8, 4) is 0 Å². The van der Waals surface area contributed by atoms with E-state index in [1.54, 1.807) is 62.4 Å². The molecule has 4 rings (SSSR count). The standard InChI is InChI=1S/C32H26O8S/c1-19-11-5-7-13-23(19)29(33)25-15-9-17-27(21(25)3)31(35)39-41(37,38)40-32(36)28-18-10-16-26(22(28)4)30(34)24-14-8-6-12-20(24)2/h5-18H,1-4H3. The minimum absolute atomic E-state index is 0.189. The summed E-state index contributed by atoms with van der Waals surface area (Å²) in [6.45, 7) is 6.53. The highest BCUT2D eigenvalue weighted by molar-refractivity contribution is 7.82. The molecule has 0 saturated carbocycles. The summed E-state index contributed by atoms with van der Waals surface area (Å²) in [5.41, 5.74) is 2.73. The molecule has 0 aliphatic rings. The van der Waals surface area contributed by atoms with E-state index in [0.29, 0.717) is 11.1 Å². The molecule has 0 heterocycles. The summed E-state index contributed by atoms with van der Waals surface area (Å²) in [5, 5.41) is 0. The summed E-state index contributed by atoms with van der Waals surface area (Å²) in [6, 6.07) is 22.3. The van der Waals surface area contributed by atoms with Crippen LogP contribution in [0.4, 0.5) is 0 Å². The second-order valence-corrected chi connectivity index (χ2v) is 10.5. The average Bonchev–Trinajstić information content (AvgIpc) is 2.92. The third kappa shape index (κ3) is 6.15. The molecule has 0 aliphatic carbocycles. The van der Waals surface area contributed by atoms with Gasteiger partial charge in [0.25, 0.3) is 0 Å². The number of hydrogen-bond donors (Lipinski definition) is 0. The highest BCUT2D eigenvalue weighted by atomic mass is 32.3. The molecule has 208 valence electrons. The fourth-order valence-electron chi connectivity index (χ4n) is 4.44. The molecule has 9 heteroatoms. The van der Waals surface area contributed by atoms with Crippen LogP contribution in [-0.2, 0) is 18.8 Å². The van der Waals surface area contributed by atoms with Crippen LogP contribution in [0.2, 0.25) is 0 Å². The van der Waals surface area contributed by atoms with Gasteiger partial charge in [0, 0.05) is 22.3 Å². The zero-order valence-corrected chi connectivity index (χ0v) is 23.6. The van der Waals surface area contributed by atoms with E-state index in [9.17, 15) is 27.6 Å². The number of aryl methyl sites for hydroxylation is 2. The summed E-state index contributed by atoms with van der Waals surface area (Å²) < 4.78 is 34.3. The lowest BCUT2D eigenvalue weighted by atomic mass is 9.93. The summed E-state index contributed by atoms with van der Waals surface area (Å²) in [4.78, 5) is 51.9. The number of carbonyl (C=O) groups excluding carboxylic acids is 4. The van der Waals surface area contributed by atoms with E-state index in [2.05, 4.69) is 8.37 Å². The Kier molecular flexibility index (Phi) is 8.30. The van der Waals surface area contributed by atoms with Crippen molar-refractivity contribution in [2.24, 2.45) is 0 Å². The lowest BCUT2D eigenvalue weighted by molar-refractivity contribution is 0.0647. The zero-order valence-electron chi connectivity index (χ0n) is 22.8. The summed E-state index contributed by atoms with van der Waals surface area (Å²) in [5.74, 6) is -3.34. The smallest absolute Gasteiger partial charge is 0.311 e. The van der Waals surface area contributed by atoms with Crippen LogP contribution in [0.25, 0.3) is 0 Å². The van der Waals surface area contributed by atoms with Gasteiger partial charge in [-0.15, -0.1) is 8.42 Å². The molecule has 8 nitrogen and oxygen atoms in total. The van der Waals surface area contributed by atoms with Crippen molar-refractivity contribution in [1.82, 2.24) is 0 Å². The fourth-order valence-corrected chi connectivity index (χ4v) is 5.03. The number of carbonyl (C=O) groups is 4. The van der Waals surface area contributed by atoms with E-state index >= 15 is 0 Å². The quantitative estimate of drug-likeness (QED) is 0.250. The third-order valence-corrected chi connectivity index (χ3v) is 7.44. The van der Waals surface area contributed by atoms with Gasteiger partial charge >= 0.3 is 22.3 Å². The molecule has 0 amide bonds. The minimum Gasteiger partial charge on any atom is -0.311 e. The first-order valence-corrected chi connectivity index (χ1v) is 13.9. The second-order valence-electron chi connectivity index (χ2n) is 9.39. The van der Waals surface area contributed by atoms with Crippen molar-refractivity contribution in [1.29, 1.82) is 0 Å². The maximum absolute atomic E-state index is 13.1. The van der Waals surface area contributed by atoms with Crippen LogP contribution in [-0.4, -0.2) is 31.9 Å². The number of hydrogen-bond acceptors (Lipinski definition) is 8. The maximum Gasteiger partial charge on any atom is 0.506 e. The van der Waals surface area contributed by atoms with Crippen molar-refractivity contribution in [3.63, 3.8) is 0 Å². The van der Waals surface area contributed by atoms with Gasteiger partial charge in [0.15, 0.2) is 11.6 Å². The van der Waals surface area contributed by atoms with Crippen molar-refractivity contribution in [2.45, 2.75) is 27.7 Å². The van der Waals surface area contributed by atoms with Gasteiger partial charge in [-0.2, -0.15) is 0 Å². The number of rotatable bonds is 8. The summed E-state index contributed by atoms with van der Waals surface area (Å²) in [7, 11) is -5.16. The van der Waals surface area contributed by atoms with E-state index in [4.69, 9.17) is 0 Å². The molecular formula is C32H26O8S. The van der Waals surface area contributed by atoms with Crippen molar-refractivity contribution in [3.05, 3.63) is 141 Å². The van der Waals surface area contributed by atoms with Gasteiger partial charge in [0.05, 0.1) is 11.1 Å². The van der Waals surface area contributed by atoms with Crippen LogP contribution in [0.3, 0.4) is 0 Å². The predicted molar refractivity (Wildman–Crippen MR) is 151 cm³/mol. The maximum atomic E-state index is 13.1. The van der Waals surface area contributed by atoms with Gasteiger partial charge < -0.3 is 8.37 Å². The van der Waals surface area contributed by atoms with Crippen LogP contribution in [0.15, 0.2) is 84.9 Å². The molecular weight excluding hydrogens is 544 g/mol. The van der Waals surface area contributed by atoms with Crippen molar-refractivity contribution in [2.75, 3.05) is 0 Å². The van der Waals surface area contributed by atoms with E-state index in [-0.39, 0.29) is 44.9 Å². The molecule has 4 aromatic rings. The summed E-state index contributed by atoms with van der Waals surface area (Å²) in [6.07, 6.45) is 0. The van der Waals surface area contributed by atoms with Gasteiger partial charge in [-0.1, -0.05) is 72.8 Å². The highest BCUT2D eigenvalue weighted by Crippen LogP contribution is 2.23. The Balaban J connectivity index is 1.54. The van der Waals surface area contributed by atoms with E-state index in [0.717, 1.165) is 11.1 Å². The molecule has 0 spiro atoms. The Bertz CT molecular complexity index is 1690. The lowest BCUT2D eigenvalue weighted by Gasteiger charge is -2.13.